The number of fused-ring (bicyclic) bond motifs is 1. The van der Waals surface area contributed by atoms with Crippen LogP contribution in [0.1, 0.15) is 0 Å². The van der Waals surface area contributed by atoms with Crippen molar-refractivity contribution in [2.45, 2.75) is 0 Å². The Bertz CT molecular complexity index is 525. The fraction of sp³-hybridized carbons (Fsp3) is 0.545. The van der Waals surface area contributed by atoms with E-state index in [2.05, 4.69) is 30.2 Å². The molecule has 0 fully saturated rings. The summed E-state index contributed by atoms with van der Waals surface area (Å²) in [4.78, 5) is 17.3. The minimum absolute atomic E-state index is 0.204. The summed E-state index contributed by atoms with van der Waals surface area (Å²) in [6, 6.07) is 0. The number of nitrogens with two attached hydrogens (primary N) is 1. The third-order valence-electron chi connectivity index (χ3n) is 2.52. The first-order valence-electron chi connectivity index (χ1n) is 6.10. The fourth-order valence-corrected chi connectivity index (χ4v) is 1.57. The van der Waals surface area contributed by atoms with E-state index in [0.717, 1.165) is 12.1 Å². The quantitative estimate of drug-likeness (QED) is 0.601. The van der Waals surface area contributed by atoms with Crippen molar-refractivity contribution in [3.05, 3.63) is 6.33 Å². The fourth-order valence-electron chi connectivity index (χ4n) is 1.57. The van der Waals surface area contributed by atoms with Gasteiger partial charge in [-0.1, -0.05) is 0 Å². The second-order valence-electron chi connectivity index (χ2n) is 4.37. The highest BCUT2D eigenvalue weighted by molar-refractivity contribution is 5.83. The Morgan fingerprint density at radius 3 is 3.00 bits per heavy atom. The molecular weight excluding hydrogens is 246 g/mol. The molecule has 0 bridgehead atoms. The van der Waals surface area contributed by atoms with Gasteiger partial charge in [-0.3, -0.25) is 0 Å². The van der Waals surface area contributed by atoms with Crippen LogP contribution in [-0.2, 0) is 4.74 Å². The van der Waals surface area contributed by atoms with Crippen LogP contribution in [0, 0.1) is 0 Å². The van der Waals surface area contributed by atoms with Crippen LogP contribution in [0.25, 0.3) is 11.2 Å². The summed E-state index contributed by atoms with van der Waals surface area (Å²) < 4.78 is 5.49. The number of nitrogens with one attached hydrogen (secondary N) is 2. The van der Waals surface area contributed by atoms with Crippen LogP contribution < -0.4 is 11.1 Å². The minimum Gasteiger partial charge on any atom is -0.378 e. The van der Waals surface area contributed by atoms with Gasteiger partial charge in [0.05, 0.1) is 19.5 Å². The average Bonchev–Trinajstić information content (AvgIpc) is 2.80. The molecule has 0 saturated carbocycles. The van der Waals surface area contributed by atoms with Crippen molar-refractivity contribution in [2.24, 2.45) is 0 Å². The molecule has 2 rings (SSSR count). The third-order valence-corrected chi connectivity index (χ3v) is 2.52. The highest BCUT2D eigenvalue weighted by Crippen LogP contribution is 2.16. The molecule has 2 aromatic heterocycles. The Morgan fingerprint density at radius 2 is 2.21 bits per heavy atom. The standard InChI is InChI=1S/C11H19N7O/c1-18(2)4-6-19-5-3-13-9-8-10(15-7-14-8)17-11(12)16-9/h7H,3-6H2,1-2H3,(H4,12,13,14,15,16,17). The molecule has 8 nitrogen and oxygen atoms in total. The Balaban J connectivity index is 1.83. The predicted octanol–water partition coefficient (Wildman–Crippen LogP) is -0.0748. The summed E-state index contributed by atoms with van der Waals surface area (Å²) in [5.41, 5.74) is 6.93. The molecule has 0 aliphatic rings. The van der Waals surface area contributed by atoms with Crippen molar-refractivity contribution in [2.75, 3.05) is 51.4 Å². The molecule has 0 unspecified atom stereocenters. The molecule has 2 heterocycles. The zero-order valence-corrected chi connectivity index (χ0v) is 11.2. The SMILES string of the molecule is CN(C)CCOCCNc1nc(N)nc2nc[nH]c12. The summed E-state index contributed by atoms with van der Waals surface area (Å²) in [5.74, 6) is 0.854. The summed E-state index contributed by atoms with van der Waals surface area (Å²) in [5, 5.41) is 3.16. The highest BCUT2D eigenvalue weighted by Gasteiger charge is 2.07. The Kier molecular flexibility index (Phi) is 4.48. The number of rotatable bonds is 7. The van der Waals surface area contributed by atoms with Crippen LogP contribution in [0.15, 0.2) is 6.33 Å². The number of likely N-dealkylation sites (N-methyl/N-ethyl adjacent to an activating group) is 1. The number of ether oxygens (including phenoxy) is 1. The van der Waals surface area contributed by atoms with E-state index in [1.807, 2.05) is 14.1 Å². The lowest BCUT2D eigenvalue weighted by atomic mass is 10.5. The molecule has 0 amide bonds. The second kappa shape index (κ2) is 6.30. The van der Waals surface area contributed by atoms with Crippen molar-refractivity contribution >= 4 is 22.9 Å². The largest absolute Gasteiger partial charge is 0.378 e. The predicted molar refractivity (Wildman–Crippen MR) is 74.0 cm³/mol. The van der Waals surface area contributed by atoms with Gasteiger partial charge in [-0.2, -0.15) is 9.97 Å². The molecule has 0 aliphatic carbocycles. The number of nitrogens with zero attached hydrogens (tertiary/aromatic N) is 4. The first-order valence-corrected chi connectivity index (χ1v) is 6.10. The molecule has 0 radical (unpaired) electrons. The van der Waals surface area contributed by atoms with E-state index < -0.39 is 0 Å². The van der Waals surface area contributed by atoms with E-state index in [4.69, 9.17) is 10.5 Å². The molecule has 0 aromatic carbocycles. The molecule has 8 heteroatoms. The number of nitrogen functional groups attached to an aromatic ring is 1. The highest BCUT2D eigenvalue weighted by atomic mass is 16.5. The van der Waals surface area contributed by atoms with Crippen LogP contribution in [0.3, 0.4) is 0 Å². The Morgan fingerprint density at radius 1 is 1.37 bits per heavy atom. The van der Waals surface area contributed by atoms with Gasteiger partial charge in [0.2, 0.25) is 5.95 Å². The van der Waals surface area contributed by atoms with Gasteiger partial charge in [0.25, 0.3) is 0 Å². The third kappa shape index (κ3) is 3.76. The van der Waals surface area contributed by atoms with Crippen molar-refractivity contribution in [1.82, 2.24) is 24.8 Å². The summed E-state index contributed by atoms with van der Waals surface area (Å²) in [7, 11) is 4.03. The van der Waals surface area contributed by atoms with Gasteiger partial charge in [0, 0.05) is 13.1 Å². The zero-order valence-electron chi connectivity index (χ0n) is 11.2. The van der Waals surface area contributed by atoms with Crippen LogP contribution in [0.2, 0.25) is 0 Å². The Hall–Kier alpha value is -1.93. The minimum atomic E-state index is 0.204. The molecule has 0 saturated heterocycles. The first-order chi connectivity index (χ1) is 9.16. The van der Waals surface area contributed by atoms with Gasteiger partial charge in [0.1, 0.15) is 5.52 Å². The van der Waals surface area contributed by atoms with E-state index in [-0.39, 0.29) is 5.95 Å². The molecule has 2 aromatic rings. The van der Waals surface area contributed by atoms with E-state index in [9.17, 15) is 0 Å². The number of aromatic amines is 1. The van der Waals surface area contributed by atoms with Crippen molar-refractivity contribution in [3.63, 3.8) is 0 Å². The van der Waals surface area contributed by atoms with Gasteiger partial charge in [-0.15, -0.1) is 0 Å². The van der Waals surface area contributed by atoms with E-state index >= 15 is 0 Å². The normalized spacial score (nSPS) is 11.3. The molecule has 4 N–H and O–H groups in total. The van der Waals surface area contributed by atoms with Gasteiger partial charge >= 0.3 is 0 Å². The van der Waals surface area contributed by atoms with Crippen LogP contribution in [0.5, 0.6) is 0 Å². The number of imidazole rings is 1. The zero-order chi connectivity index (χ0) is 13.7. The van der Waals surface area contributed by atoms with Gasteiger partial charge in [-0.05, 0) is 14.1 Å². The smallest absolute Gasteiger partial charge is 0.224 e. The maximum absolute atomic E-state index is 5.62. The van der Waals surface area contributed by atoms with Gasteiger partial charge in [-0.25, -0.2) is 4.98 Å². The van der Waals surface area contributed by atoms with Crippen LogP contribution >= 0.6 is 0 Å². The van der Waals surface area contributed by atoms with Gasteiger partial charge in [0.15, 0.2) is 11.5 Å². The lowest BCUT2D eigenvalue weighted by Gasteiger charge is -2.10. The van der Waals surface area contributed by atoms with E-state index in [1.165, 1.54) is 0 Å². The lowest BCUT2D eigenvalue weighted by molar-refractivity contribution is 0.126. The lowest BCUT2D eigenvalue weighted by Crippen LogP contribution is -2.20. The molecule has 19 heavy (non-hydrogen) atoms. The summed E-state index contributed by atoms with van der Waals surface area (Å²) >= 11 is 0. The molecule has 0 aliphatic heterocycles. The molecule has 0 atom stereocenters. The van der Waals surface area contributed by atoms with Crippen molar-refractivity contribution in [3.8, 4) is 0 Å². The summed E-state index contributed by atoms with van der Waals surface area (Å²) in [6.07, 6.45) is 1.57. The van der Waals surface area contributed by atoms with Crippen molar-refractivity contribution in [1.29, 1.82) is 0 Å². The first kappa shape index (κ1) is 13.5. The molecule has 104 valence electrons. The number of anilines is 2. The van der Waals surface area contributed by atoms with E-state index in [0.29, 0.717) is 31.2 Å². The number of aromatic nitrogens is 4. The van der Waals surface area contributed by atoms with Gasteiger partial charge < -0.3 is 25.7 Å². The second-order valence-corrected chi connectivity index (χ2v) is 4.37. The van der Waals surface area contributed by atoms with E-state index in [1.54, 1.807) is 6.33 Å². The monoisotopic (exact) mass is 265 g/mol. The van der Waals surface area contributed by atoms with Crippen LogP contribution in [-0.4, -0.2) is 65.2 Å². The number of H-pyrrole nitrogens is 1. The van der Waals surface area contributed by atoms with Crippen LogP contribution in [0.4, 0.5) is 11.8 Å². The molecule has 0 spiro atoms. The number of hydrogen-bond acceptors (Lipinski definition) is 7. The van der Waals surface area contributed by atoms with Crippen molar-refractivity contribution < 1.29 is 4.74 Å². The Labute approximate surface area is 111 Å². The molecular formula is C11H19N7O. The number of hydrogen-bond donors (Lipinski definition) is 3. The topological polar surface area (TPSA) is 105 Å². The maximum Gasteiger partial charge on any atom is 0.224 e. The maximum atomic E-state index is 5.62. The summed E-state index contributed by atoms with van der Waals surface area (Å²) in [6.45, 7) is 2.87. The average molecular weight is 265 g/mol.